The van der Waals surface area contributed by atoms with Crippen LogP contribution in [-0.2, 0) is 16.4 Å². The number of urea groups is 1. The summed E-state index contributed by atoms with van der Waals surface area (Å²) in [6.07, 6.45) is 0.626. The number of methoxy groups -OCH3 is 1. The van der Waals surface area contributed by atoms with Crippen LogP contribution in [0.25, 0.3) is 0 Å². The van der Waals surface area contributed by atoms with Crippen LogP contribution in [0.15, 0.2) is 24.3 Å². The lowest BCUT2D eigenvalue weighted by molar-refractivity contribution is 0.239. The molecule has 0 saturated carbocycles. The summed E-state index contributed by atoms with van der Waals surface area (Å²) in [7, 11) is -1.29. The first-order valence-corrected chi connectivity index (χ1v) is 8.66. The first kappa shape index (κ1) is 15.6. The Balaban J connectivity index is 1.70. The van der Waals surface area contributed by atoms with E-state index in [0.717, 1.165) is 11.3 Å². The fraction of sp³-hybridized carbons (Fsp3) is 0.500. The Morgan fingerprint density at radius 3 is 2.57 bits per heavy atom. The third-order valence-electron chi connectivity index (χ3n) is 3.49. The monoisotopic (exact) mass is 312 g/mol. The van der Waals surface area contributed by atoms with E-state index in [9.17, 15) is 13.2 Å². The lowest BCUT2D eigenvalue weighted by atomic mass is 10.1. The highest BCUT2D eigenvalue weighted by molar-refractivity contribution is 7.91. The summed E-state index contributed by atoms with van der Waals surface area (Å²) >= 11 is 0. The Labute approximate surface area is 124 Å². The second kappa shape index (κ2) is 6.80. The predicted octanol–water partition coefficient (Wildman–Crippen LogP) is 0.929. The van der Waals surface area contributed by atoms with Crippen molar-refractivity contribution in [2.45, 2.75) is 13.0 Å². The molecule has 1 aliphatic rings. The van der Waals surface area contributed by atoms with Gasteiger partial charge >= 0.3 is 6.03 Å². The Morgan fingerprint density at radius 2 is 2.00 bits per heavy atom. The van der Waals surface area contributed by atoms with Crippen molar-refractivity contribution >= 4 is 15.9 Å². The SMILES string of the molecule is COc1ccc(CNC(=O)NCC2CCS(=O)(=O)C2)cc1. The Morgan fingerprint density at radius 1 is 1.29 bits per heavy atom. The van der Waals surface area contributed by atoms with Gasteiger partial charge in [0, 0.05) is 13.1 Å². The molecule has 2 rings (SSSR count). The summed E-state index contributed by atoms with van der Waals surface area (Å²) in [5, 5.41) is 5.46. The zero-order valence-corrected chi connectivity index (χ0v) is 12.8. The maximum Gasteiger partial charge on any atom is 0.315 e. The van der Waals surface area contributed by atoms with Gasteiger partial charge in [-0.3, -0.25) is 0 Å². The van der Waals surface area contributed by atoms with E-state index in [4.69, 9.17) is 4.74 Å². The molecule has 1 fully saturated rings. The molecule has 0 radical (unpaired) electrons. The second-order valence-electron chi connectivity index (χ2n) is 5.18. The molecule has 1 atom stereocenters. The highest BCUT2D eigenvalue weighted by Gasteiger charge is 2.27. The number of ether oxygens (including phenoxy) is 1. The predicted molar refractivity (Wildman–Crippen MR) is 80.0 cm³/mol. The van der Waals surface area contributed by atoms with Gasteiger partial charge in [0.25, 0.3) is 0 Å². The minimum absolute atomic E-state index is 0.0294. The van der Waals surface area contributed by atoms with Crippen LogP contribution < -0.4 is 15.4 Å². The van der Waals surface area contributed by atoms with Crippen LogP contribution in [0, 0.1) is 5.92 Å². The largest absolute Gasteiger partial charge is 0.497 e. The lowest BCUT2D eigenvalue weighted by Crippen LogP contribution is -2.38. The zero-order valence-electron chi connectivity index (χ0n) is 12.0. The van der Waals surface area contributed by atoms with Gasteiger partial charge < -0.3 is 15.4 Å². The number of carbonyl (C=O) groups excluding carboxylic acids is 1. The Kier molecular flexibility index (Phi) is 5.06. The number of hydrogen-bond acceptors (Lipinski definition) is 4. The molecule has 2 N–H and O–H groups in total. The van der Waals surface area contributed by atoms with Gasteiger partial charge in [0.15, 0.2) is 9.84 Å². The van der Waals surface area contributed by atoms with Crippen LogP contribution in [0.4, 0.5) is 4.79 Å². The van der Waals surface area contributed by atoms with E-state index in [0.29, 0.717) is 19.5 Å². The molecule has 116 valence electrons. The minimum atomic E-state index is -2.89. The average molecular weight is 312 g/mol. The molecule has 1 aromatic rings. The van der Waals surface area contributed by atoms with Gasteiger partial charge in [-0.2, -0.15) is 0 Å². The topological polar surface area (TPSA) is 84.5 Å². The van der Waals surface area contributed by atoms with Crippen LogP contribution in [0.2, 0.25) is 0 Å². The summed E-state index contributed by atoms with van der Waals surface area (Å²) < 4.78 is 27.7. The molecule has 0 spiro atoms. The lowest BCUT2D eigenvalue weighted by Gasteiger charge is -2.11. The molecular formula is C14H20N2O4S. The molecule has 0 bridgehead atoms. The van der Waals surface area contributed by atoms with Gasteiger partial charge in [0.2, 0.25) is 0 Å². The van der Waals surface area contributed by atoms with Crippen LogP contribution in [0.1, 0.15) is 12.0 Å². The smallest absolute Gasteiger partial charge is 0.315 e. The van der Waals surface area contributed by atoms with Crippen molar-refractivity contribution in [3.63, 3.8) is 0 Å². The molecule has 0 aromatic heterocycles. The summed E-state index contributed by atoms with van der Waals surface area (Å²) in [4.78, 5) is 11.7. The van der Waals surface area contributed by atoms with Crippen LogP contribution >= 0.6 is 0 Å². The van der Waals surface area contributed by atoms with Gasteiger partial charge in [-0.1, -0.05) is 12.1 Å². The van der Waals surface area contributed by atoms with Crippen molar-refractivity contribution in [2.75, 3.05) is 25.2 Å². The normalized spacial score (nSPS) is 20.0. The third-order valence-corrected chi connectivity index (χ3v) is 5.33. The summed E-state index contributed by atoms with van der Waals surface area (Å²) in [5.74, 6) is 1.20. The molecule has 7 heteroatoms. The van der Waals surface area contributed by atoms with Gasteiger partial charge in [-0.25, -0.2) is 13.2 Å². The zero-order chi connectivity index (χ0) is 15.3. The summed E-state index contributed by atoms with van der Waals surface area (Å²) in [6, 6.07) is 7.14. The van der Waals surface area contributed by atoms with Crippen molar-refractivity contribution in [1.82, 2.24) is 10.6 Å². The molecule has 1 aromatic carbocycles. The van der Waals surface area contributed by atoms with E-state index in [1.54, 1.807) is 7.11 Å². The summed E-state index contributed by atoms with van der Waals surface area (Å²) in [6.45, 7) is 0.812. The maximum atomic E-state index is 11.7. The fourth-order valence-corrected chi connectivity index (χ4v) is 4.12. The van der Waals surface area contributed by atoms with E-state index >= 15 is 0 Å². The quantitative estimate of drug-likeness (QED) is 0.847. The fourth-order valence-electron chi connectivity index (χ4n) is 2.26. The molecular weight excluding hydrogens is 292 g/mol. The molecule has 2 amide bonds. The first-order valence-electron chi connectivity index (χ1n) is 6.83. The number of rotatable bonds is 5. The molecule has 1 unspecified atom stereocenters. The number of amides is 2. The van der Waals surface area contributed by atoms with Crippen LogP contribution in [-0.4, -0.2) is 39.6 Å². The van der Waals surface area contributed by atoms with Gasteiger partial charge in [0.05, 0.1) is 18.6 Å². The minimum Gasteiger partial charge on any atom is -0.497 e. The number of carbonyl (C=O) groups is 1. The van der Waals surface area contributed by atoms with Crippen molar-refractivity contribution in [3.8, 4) is 5.75 Å². The maximum absolute atomic E-state index is 11.7. The third kappa shape index (κ3) is 4.93. The van der Waals surface area contributed by atoms with E-state index in [-0.39, 0.29) is 23.5 Å². The van der Waals surface area contributed by atoms with E-state index in [2.05, 4.69) is 10.6 Å². The van der Waals surface area contributed by atoms with Crippen LogP contribution in [0.5, 0.6) is 5.75 Å². The molecule has 1 heterocycles. The Hall–Kier alpha value is -1.76. The van der Waals surface area contributed by atoms with Gasteiger partial charge in [0.1, 0.15) is 5.75 Å². The van der Waals surface area contributed by atoms with Crippen LogP contribution in [0.3, 0.4) is 0 Å². The highest BCUT2D eigenvalue weighted by Crippen LogP contribution is 2.17. The summed E-state index contributed by atoms with van der Waals surface area (Å²) in [5.41, 5.74) is 0.967. The number of nitrogens with one attached hydrogen (secondary N) is 2. The standard InChI is InChI=1S/C14H20N2O4S/c1-20-13-4-2-11(3-5-13)8-15-14(17)16-9-12-6-7-21(18,19)10-12/h2-5,12H,6-10H2,1H3,(H2,15,16,17). The highest BCUT2D eigenvalue weighted by atomic mass is 32.2. The molecule has 1 aliphatic heterocycles. The van der Waals surface area contributed by atoms with E-state index in [1.807, 2.05) is 24.3 Å². The number of sulfone groups is 1. The van der Waals surface area contributed by atoms with Gasteiger partial charge in [-0.15, -0.1) is 0 Å². The second-order valence-corrected chi connectivity index (χ2v) is 7.41. The number of hydrogen-bond donors (Lipinski definition) is 2. The van der Waals surface area contributed by atoms with Crippen molar-refractivity contribution in [3.05, 3.63) is 29.8 Å². The first-order chi connectivity index (χ1) is 9.98. The van der Waals surface area contributed by atoms with E-state index in [1.165, 1.54) is 0 Å². The molecule has 0 aliphatic carbocycles. The molecule has 21 heavy (non-hydrogen) atoms. The van der Waals surface area contributed by atoms with Gasteiger partial charge in [-0.05, 0) is 30.0 Å². The average Bonchev–Trinajstić information content (AvgIpc) is 2.83. The molecule has 6 nitrogen and oxygen atoms in total. The number of benzene rings is 1. The molecule has 1 saturated heterocycles. The Bertz CT molecular complexity index is 583. The van der Waals surface area contributed by atoms with Crippen molar-refractivity contribution < 1.29 is 17.9 Å². The van der Waals surface area contributed by atoms with E-state index < -0.39 is 9.84 Å². The van der Waals surface area contributed by atoms with Crippen molar-refractivity contribution in [1.29, 1.82) is 0 Å². The van der Waals surface area contributed by atoms with Crippen molar-refractivity contribution in [2.24, 2.45) is 5.92 Å².